The number of aliphatic hydroxyl groups excluding tert-OH is 1. The highest BCUT2D eigenvalue weighted by Gasteiger charge is 2.48. The number of rotatable bonds is 5. The summed E-state index contributed by atoms with van der Waals surface area (Å²) in [5.74, 6) is -0.920. The third-order valence-corrected chi connectivity index (χ3v) is 4.72. The van der Waals surface area contributed by atoms with Gasteiger partial charge in [-0.15, -0.1) is 0 Å². The first-order chi connectivity index (χ1) is 11.1. The first kappa shape index (κ1) is 15.8. The van der Waals surface area contributed by atoms with Crippen LogP contribution < -0.4 is 0 Å². The summed E-state index contributed by atoms with van der Waals surface area (Å²) < 4.78 is 5.06. The van der Waals surface area contributed by atoms with Crippen molar-refractivity contribution in [1.29, 1.82) is 0 Å². The number of β-amino-alcohol motifs (C(OH)–C–C–N with tert-alkyl or cyclic N) is 1. The maximum absolute atomic E-state index is 11.9. The fourth-order valence-corrected chi connectivity index (χ4v) is 3.31. The van der Waals surface area contributed by atoms with Crippen molar-refractivity contribution in [2.45, 2.75) is 25.5 Å². The van der Waals surface area contributed by atoms with Gasteiger partial charge in [-0.3, -0.25) is 9.69 Å². The van der Waals surface area contributed by atoms with Crippen molar-refractivity contribution in [1.82, 2.24) is 4.90 Å². The van der Waals surface area contributed by atoms with E-state index in [9.17, 15) is 15.0 Å². The monoisotopic (exact) mass is 315 g/mol. The van der Waals surface area contributed by atoms with E-state index in [1.54, 1.807) is 12.5 Å². The molecule has 1 aromatic heterocycles. The summed E-state index contributed by atoms with van der Waals surface area (Å²) in [6.45, 7) is 1.65. The van der Waals surface area contributed by atoms with Gasteiger partial charge in [0.05, 0.1) is 18.6 Å². The average Bonchev–Trinajstić information content (AvgIpc) is 3.04. The molecule has 122 valence electrons. The molecule has 0 unspecified atom stereocenters. The summed E-state index contributed by atoms with van der Waals surface area (Å²) in [6, 6.07) is 11.4. The van der Waals surface area contributed by atoms with Crippen LogP contribution in [0.5, 0.6) is 0 Å². The number of hydrogen-bond donors (Lipinski definition) is 2. The summed E-state index contributed by atoms with van der Waals surface area (Å²) in [6.07, 6.45) is 3.17. The Morgan fingerprint density at radius 2 is 2.04 bits per heavy atom. The molecule has 3 rings (SSSR count). The zero-order valence-corrected chi connectivity index (χ0v) is 12.9. The molecule has 1 fully saturated rings. The van der Waals surface area contributed by atoms with E-state index in [2.05, 4.69) is 4.90 Å². The molecule has 5 nitrogen and oxygen atoms in total. The van der Waals surface area contributed by atoms with E-state index >= 15 is 0 Å². The molecule has 2 heterocycles. The van der Waals surface area contributed by atoms with Gasteiger partial charge in [0, 0.05) is 18.7 Å². The Labute approximate surface area is 135 Å². The van der Waals surface area contributed by atoms with Gasteiger partial charge in [-0.05, 0) is 31.0 Å². The predicted molar refractivity (Wildman–Crippen MR) is 84.8 cm³/mol. The Morgan fingerprint density at radius 1 is 1.26 bits per heavy atom. The number of carboxylic acids is 1. The van der Waals surface area contributed by atoms with Crippen LogP contribution in [0.15, 0.2) is 53.3 Å². The van der Waals surface area contributed by atoms with Gasteiger partial charge in [0.2, 0.25) is 0 Å². The molecule has 0 bridgehead atoms. The summed E-state index contributed by atoms with van der Waals surface area (Å²) in [5.41, 5.74) is 0.856. The maximum atomic E-state index is 11.9. The normalized spacial score (nSPS) is 25.3. The van der Waals surface area contributed by atoms with Gasteiger partial charge in [-0.2, -0.15) is 0 Å². The molecule has 2 aromatic rings. The molecular weight excluding hydrogens is 294 g/mol. The molecule has 1 aliphatic heterocycles. The number of carbonyl (C=O) groups is 1. The van der Waals surface area contributed by atoms with Crippen LogP contribution in [0.3, 0.4) is 0 Å². The third kappa shape index (κ3) is 3.30. The molecule has 1 aromatic carbocycles. The Bertz CT molecular complexity index is 640. The van der Waals surface area contributed by atoms with Crippen LogP contribution in [-0.2, 0) is 17.8 Å². The van der Waals surface area contributed by atoms with Crippen LogP contribution >= 0.6 is 0 Å². The second kappa shape index (κ2) is 6.56. The minimum atomic E-state index is -1.12. The predicted octanol–water partition coefficient (Wildman–Crippen LogP) is 2.16. The topological polar surface area (TPSA) is 73.9 Å². The molecule has 2 N–H and O–H groups in total. The van der Waals surface area contributed by atoms with E-state index in [1.165, 1.54) is 0 Å². The van der Waals surface area contributed by atoms with Gasteiger partial charge in [0.15, 0.2) is 0 Å². The van der Waals surface area contributed by atoms with E-state index < -0.39 is 17.5 Å². The minimum absolute atomic E-state index is 0.351. The number of nitrogens with zero attached hydrogens (tertiary/aromatic N) is 1. The van der Waals surface area contributed by atoms with Crippen LogP contribution in [-0.4, -0.2) is 40.3 Å². The summed E-state index contributed by atoms with van der Waals surface area (Å²) >= 11 is 0. The van der Waals surface area contributed by atoms with Crippen molar-refractivity contribution in [3.63, 3.8) is 0 Å². The number of furan rings is 1. The lowest BCUT2D eigenvalue weighted by Gasteiger charge is -2.42. The molecule has 5 heteroatoms. The zero-order chi connectivity index (χ0) is 16.3. The first-order valence-corrected chi connectivity index (χ1v) is 7.79. The highest BCUT2D eigenvalue weighted by Crippen LogP contribution is 2.36. The lowest BCUT2D eigenvalue weighted by Crippen LogP contribution is -2.55. The highest BCUT2D eigenvalue weighted by molar-refractivity contribution is 5.76. The molecule has 0 spiro atoms. The minimum Gasteiger partial charge on any atom is -0.481 e. The van der Waals surface area contributed by atoms with Crippen LogP contribution in [0.25, 0.3) is 0 Å². The van der Waals surface area contributed by atoms with Crippen molar-refractivity contribution < 1.29 is 19.4 Å². The number of carboxylic acid groups (broad SMARTS) is 1. The molecule has 1 aliphatic rings. The average molecular weight is 315 g/mol. The molecule has 0 saturated carbocycles. The van der Waals surface area contributed by atoms with Gasteiger partial charge < -0.3 is 14.6 Å². The molecule has 0 amide bonds. The van der Waals surface area contributed by atoms with Crippen LogP contribution in [0, 0.1) is 5.41 Å². The fourth-order valence-electron chi connectivity index (χ4n) is 3.31. The Morgan fingerprint density at radius 3 is 2.65 bits per heavy atom. The van der Waals surface area contributed by atoms with Gasteiger partial charge in [0.1, 0.15) is 5.41 Å². The molecule has 1 saturated heterocycles. The van der Waals surface area contributed by atoms with E-state index in [4.69, 9.17) is 4.42 Å². The van der Waals surface area contributed by atoms with Crippen LogP contribution in [0.1, 0.15) is 17.5 Å². The highest BCUT2D eigenvalue weighted by atomic mass is 16.4. The molecular formula is C18H21NO4. The number of likely N-dealkylation sites (tertiary alicyclic amines) is 1. The zero-order valence-electron chi connectivity index (χ0n) is 12.9. The fraction of sp³-hybridized carbons (Fsp3) is 0.389. The van der Waals surface area contributed by atoms with Gasteiger partial charge in [-0.1, -0.05) is 30.3 Å². The largest absolute Gasteiger partial charge is 0.481 e. The van der Waals surface area contributed by atoms with Crippen molar-refractivity contribution in [3.05, 3.63) is 60.1 Å². The molecule has 23 heavy (non-hydrogen) atoms. The van der Waals surface area contributed by atoms with Crippen molar-refractivity contribution in [3.8, 4) is 0 Å². The smallest absolute Gasteiger partial charge is 0.312 e. The molecule has 0 radical (unpaired) electrons. The lowest BCUT2D eigenvalue weighted by atomic mass is 9.71. The number of piperidine rings is 1. The Balaban J connectivity index is 1.73. The lowest BCUT2D eigenvalue weighted by molar-refractivity contribution is -0.163. The number of benzene rings is 1. The second-order valence-electron chi connectivity index (χ2n) is 6.26. The SMILES string of the molecule is O=C(O)[C@@]1(Cc2ccccc2)CCN(Cc2ccoc2)C[C@@H]1O. The third-order valence-electron chi connectivity index (χ3n) is 4.72. The van der Waals surface area contributed by atoms with Crippen LogP contribution in [0.2, 0.25) is 0 Å². The van der Waals surface area contributed by atoms with E-state index in [-0.39, 0.29) is 0 Å². The van der Waals surface area contributed by atoms with Crippen molar-refractivity contribution in [2.75, 3.05) is 13.1 Å². The van der Waals surface area contributed by atoms with E-state index in [0.29, 0.717) is 32.5 Å². The number of hydrogen-bond acceptors (Lipinski definition) is 4. The number of aliphatic hydroxyl groups is 1. The van der Waals surface area contributed by atoms with E-state index in [0.717, 1.165) is 11.1 Å². The standard InChI is InChI=1S/C18H21NO4/c20-16-12-19(11-15-6-9-23-13-15)8-7-18(16,17(21)22)10-14-4-2-1-3-5-14/h1-6,9,13,16,20H,7-8,10-12H2,(H,21,22)/t16-,18+/m0/s1. The van der Waals surface area contributed by atoms with Gasteiger partial charge >= 0.3 is 5.97 Å². The van der Waals surface area contributed by atoms with E-state index in [1.807, 2.05) is 36.4 Å². The van der Waals surface area contributed by atoms with Crippen LogP contribution in [0.4, 0.5) is 0 Å². The Hall–Kier alpha value is -2.11. The molecule has 2 atom stereocenters. The quantitative estimate of drug-likeness (QED) is 0.884. The maximum Gasteiger partial charge on any atom is 0.312 e. The van der Waals surface area contributed by atoms with Gasteiger partial charge in [-0.25, -0.2) is 0 Å². The Kier molecular flexibility index (Phi) is 4.50. The first-order valence-electron chi connectivity index (χ1n) is 7.79. The number of aliphatic carboxylic acids is 1. The summed E-state index contributed by atoms with van der Waals surface area (Å²) in [4.78, 5) is 14.0. The second-order valence-corrected chi connectivity index (χ2v) is 6.26. The summed E-state index contributed by atoms with van der Waals surface area (Å²) in [7, 11) is 0. The van der Waals surface area contributed by atoms with Crippen molar-refractivity contribution in [2.24, 2.45) is 5.41 Å². The summed E-state index contributed by atoms with van der Waals surface area (Å²) in [5, 5.41) is 20.4. The molecule has 0 aliphatic carbocycles. The van der Waals surface area contributed by atoms with Crippen molar-refractivity contribution >= 4 is 5.97 Å². The van der Waals surface area contributed by atoms with Gasteiger partial charge in [0.25, 0.3) is 0 Å².